The summed E-state index contributed by atoms with van der Waals surface area (Å²) in [6, 6.07) is 5.72. The molecule has 0 amide bonds. The zero-order valence-electron chi connectivity index (χ0n) is 11.3. The largest absolute Gasteiger partial charge is 0.431 e. The van der Waals surface area contributed by atoms with E-state index in [1.165, 1.54) is 0 Å². The Morgan fingerprint density at radius 3 is 1.86 bits per heavy atom. The Hall–Kier alpha value is -1.22. The lowest BCUT2D eigenvalue weighted by Crippen LogP contribution is -2.46. The third-order valence-corrected chi connectivity index (χ3v) is 3.36. The van der Waals surface area contributed by atoms with Gasteiger partial charge in [-0.2, -0.15) is 26.0 Å². The van der Waals surface area contributed by atoms with Crippen molar-refractivity contribution in [2.24, 2.45) is 0 Å². The van der Waals surface area contributed by atoms with Crippen LogP contribution in [0, 0.1) is 0 Å². The Bertz CT molecular complexity index is 468. The van der Waals surface area contributed by atoms with Crippen molar-refractivity contribution >= 4 is 10.1 Å². The average molecular weight is 331 g/mol. The average Bonchev–Trinajstić information content (AvgIpc) is 2.40. The predicted octanol–water partition coefficient (Wildman–Crippen LogP) is 3.76. The molecule has 9 heteroatoms. The molecule has 0 aliphatic carbocycles. The third kappa shape index (κ3) is 6.38. The third-order valence-electron chi connectivity index (χ3n) is 2.41. The van der Waals surface area contributed by atoms with Crippen molar-refractivity contribution in [2.75, 3.05) is 0 Å². The Balaban J connectivity index is 0.000000547. The van der Waals surface area contributed by atoms with Crippen LogP contribution in [0.25, 0.3) is 0 Å². The van der Waals surface area contributed by atoms with Crippen molar-refractivity contribution in [3.05, 3.63) is 30.6 Å². The molecule has 1 aromatic rings. The van der Waals surface area contributed by atoms with E-state index in [4.69, 9.17) is 4.55 Å². The van der Waals surface area contributed by atoms with Gasteiger partial charge in [0.05, 0.1) is 0 Å². The number of aromatic nitrogens is 1. The second-order valence-electron chi connectivity index (χ2n) is 4.18. The number of unbranched alkanes of at least 4 members (excludes halogenated alkanes) is 2. The van der Waals surface area contributed by atoms with Crippen molar-refractivity contribution in [1.29, 1.82) is 0 Å². The highest BCUT2D eigenvalue weighted by molar-refractivity contribution is 7.87. The molecule has 0 bridgehead atoms. The van der Waals surface area contributed by atoms with E-state index in [-0.39, 0.29) is 12.8 Å². The molecular weight excluding hydrogens is 314 g/mol. The molecule has 1 N–H and O–H groups in total. The highest BCUT2D eigenvalue weighted by Crippen LogP contribution is 2.41. The molecule has 0 saturated carbocycles. The maximum Gasteiger partial charge on any atom is 0.431 e. The second-order valence-corrected chi connectivity index (χ2v) is 5.64. The van der Waals surface area contributed by atoms with Gasteiger partial charge in [0.25, 0.3) is 0 Å². The number of pyridine rings is 1. The molecule has 122 valence electrons. The number of rotatable bonds is 6. The molecule has 0 aromatic carbocycles. The smallest absolute Gasteiger partial charge is 0.281 e. The predicted molar refractivity (Wildman–Crippen MR) is 69.8 cm³/mol. The molecular formula is C12H17F4NO3S. The number of hydrogen-bond acceptors (Lipinski definition) is 3. The topological polar surface area (TPSA) is 67.3 Å². The summed E-state index contributed by atoms with van der Waals surface area (Å²) in [5.41, 5.74) is 0. The Morgan fingerprint density at radius 1 is 1.05 bits per heavy atom. The Labute approximate surface area is 121 Å². The minimum absolute atomic E-state index is 0.228. The summed E-state index contributed by atoms with van der Waals surface area (Å²) in [5.74, 6) is -4.74. The van der Waals surface area contributed by atoms with Gasteiger partial charge >= 0.3 is 21.3 Å². The minimum atomic E-state index is -6.08. The van der Waals surface area contributed by atoms with E-state index in [1.54, 1.807) is 19.3 Å². The first-order valence-corrected chi connectivity index (χ1v) is 7.58. The molecule has 0 unspecified atom stereocenters. The minimum Gasteiger partial charge on any atom is -0.281 e. The lowest BCUT2D eigenvalue weighted by Gasteiger charge is -2.23. The fourth-order valence-electron chi connectivity index (χ4n) is 1.24. The molecule has 0 aliphatic heterocycles. The number of nitrogens with zero attached hydrogens (tertiary/aromatic N) is 1. The molecule has 21 heavy (non-hydrogen) atoms. The van der Waals surface area contributed by atoms with E-state index in [0.29, 0.717) is 6.42 Å². The lowest BCUT2D eigenvalue weighted by molar-refractivity contribution is -0.164. The molecule has 0 radical (unpaired) electrons. The van der Waals surface area contributed by atoms with E-state index < -0.39 is 27.7 Å². The summed E-state index contributed by atoms with van der Waals surface area (Å²) in [6.07, 6.45) is 2.83. The van der Waals surface area contributed by atoms with E-state index in [2.05, 4.69) is 4.98 Å². The van der Waals surface area contributed by atoms with Gasteiger partial charge in [-0.3, -0.25) is 9.54 Å². The number of alkyl halides is 4. The number of hydrogen-bond donors (Lipinski definition) is 1. The van der Waals surface area contributed by atoms with E-state index in [1.807, 2.05) is 18.2 Å². The summed E-state index contributed by atoms with van der Waals surface area (Å²) in [6.45, 7) is 1.68. The van der Waals surface area contributed by atoms with Gasteiger partial charge in [0.15, 0.2) is 0 Å². The second kappa shape index (κ2) is 8.28. The summed E-state index contributed by atoms with van der Waals surface area (Å²) in [7, 11) is -6.08. The van der Waals surface area contributed by atoms with Crippen molar-refractivity contribution in [1.82, 2.24) is 4.98 Å². The normalized spacial score (nSPS) is 12.5. The molecule has 4 nitrogen and oxygen atoms in total. The molecule has 0 saturated heterocycles. The zero-order chi connectivity index (χ0) is 16.6. The molecule has 0 fully saturated rings. The highest BCUT2D eigenvalue weighted by atomic mass is 32.2. The molecule has 1 heterocycles. The van der Waals surface area contributed by atoms with Crippen LogP contribution in [0.15, 0.2) is 30.6 Å². The Morgan fingerprint density at radius 2 is 1.57 bits per heavy atom. The monoisotopic (exact) mass is 331 g/mol. The molecule has 1 aromatic heterocycles. The van der Waals surface area contributed by atoms with Gasteiger partial charge in [-0.05, 0) is 18.6 Å². The molecule has 0 aliphatic rings. The molecule has 0 atom stereocenters. The summed E-state index contributed by atoms with van der Waals surface area (Å²) >= 11 is 0. The van der Waals surface area contributed by atoms with Crippen LogP contribution in [-0.4, -0.2) is 29.1 Å². The van der Waals surface area contributed by atoms with Gasteiger partial charge in [-0.1, -0.05) is 25.8 Å². The van der Waals surface area contributed by atoms with Crippen LogP contribution >= 0.6 is 0 Å². The van der Waals surface area contributed by atoms with Gasteiger partial charge in [0.2, 0.25) is 0 Å². The van der Waals surface area contributed by atoms with Crippen LogP contribution < -0.4 is 0 Å². The van der Waals surface area contributed by atoms with Gasteiger partial charge in [-0.15, -0.1) is 0 Å². The summed E-state index contributed by atoms with van der Waals surface area (Å²) in [4.78, 5) is 3.78. The number of halogens is 4. The van der Waals surface area contributed by atoms with Gasteiger partial charge in [-0.25, -0.2) is 0 Å². The fraction of sp³-hybridized carbons (Fsp3) is 0.583. The standard InChI is InChI=1S/C7H12F4O3S.C5H5N/c1-2-3-4-5-6(8,9)7(10,11)15(12,13)14;1-2-4-6-5-3-1/h2-5H2,1H3,(H,12,13,14);1-5H. The van der Waals surface area contributed by atoms with Crippen LogP contribution in [0.3, 0.4) is 0 Å². The van der Waals surface area contributed by atoms with Crippen molar-refractivity contribution in [2.45, 2.75) is 43.8 Å². The first-order chi connectivity index (χ1) is 9.56. The summed E-state index contributed by atoms with van der Waals surface area (Å²) < 4.78 is 78.7. The van der Waals surface area contributed by atoms with E-state index >= 15 is 0 Å². The first-order valence-electron chi connectivity index (χ1n) is 6.14. The van der Waals surface area contributed by atoms with Crippen molar-refractivity contribution in [3.63, 3.8) is 0 Å². The van der Waals surface area contributed by atoms with Crippen molar-refractivity contribution in [3.8, 4) is 0 Å². The maximum absolute atomic E-state index is 12.7. The zero-order valence-corrected chi connectivity index (χ0v) is 12.2. The van der Waals surface area contributed by atoms with E-state index in [9.17, 15) is 26.0 Å². The van der Waals surface area contributed by atoms with Crippen LogP contribution in [0.4, 0.5) is 17.6 Å². The highest BCUT2D eigenvalue weighted by Gasteiger charge is 2.64. The van der Waals surface area contributed by atoms with E-state index in [0.717, 1.165) is 0 Å². The fourth-order valence-corrected chi connectivity index (χ4v) is 1.72. The SMILES string of the molecule is CCCCCC(F)(F)C(F)(F)S(=O)(=O)O.c1ccncc1. The van der Waals surface area contributed by atoms with Gasteiger partial charge in [0, 0.05) is 18.8 Å². The molecule has 0 spiro atoms. The van der Waals surface area contributed by atoms with Crippen LogP contribution in [0.2, 0.25) is 0 Å². The van der Waals surface area contributed by atoms with Crippen LogP contribution in [0.1, 0.15) is 32.6 Å². The van der Waals surface area contributed by atoms with Gasteiger partial charge in [0.1, 0.15) is 0 Å². The van der Waals surface area contributed by atoms with Gasteiger partial charge < -0.3 is 0 Å². The maximum atomic E-state index is 12.7. The van der Waals surface area contributed by atoms with Crippen molar-refractivity contribution < 1.29 is 30.5 Å². The summed E-state index contributed by atoms with van der Waals surface area (Å²) in [5, 5.41) is -5.42. The molecule has 1 rings (SSSR count). The lowest BCUT2D eigenvalue weighted by atomic mass is 10.1. The first kappa shape index (κ1) is 19.8. The quantitative estimate of drug-likeness (QED) is 0.489. The van der Waals surface area contributed by atoms with Crippen LogP contribution in [-0.2, 0) is 10.1 Å². The Kier molecular flexibility index (Phi) is 7.80. The van der Waals surface area contributed by atoms with Crippen LogP contribution in [0.5, 0.6) is 0 Å².